The Balaban J connectivity index is 4.19. The zero-order chi connectivity index (χ0) is 9.40. The van der Waals surface area contributed by atoms with Crippen molar-refractivity contribution < 1.29 is 0 Å². The van der Waals surface area contributed by atoms with Gasteiger partial charge in [-0.1, -0.05) is 12.7 Å². The third kappa shape index (κ3) is 5.47. The second kappa shape index (κ2) is 6.40. The van der Waals surface area contributed by atoms with Gasteiger partial charge in [0.25, 0.3) is 0 Å². The molecule has 2 heteroatoms. The smallest absolute Gasteiger partial charge is 0.0427 e. The van der Waals surface area contributed by atoms with E-state index in [4.69, 9.17) is 0 Å². The number of nitrogens with zero attached hydrogens (tertiary/aromatic N) is 1. The third-order valence-corrected chi connectivity index (χ3v) is 1.28. The highest BCUT2D eigenvalue weighted by molar-refractivity contribution is 5.94. The van der Waals surface area contributed by atoms with Gasteiger partial charge in [0.15, 0.2) is 0 Å². The summed E-state index contributed by atoms with van der Waals surface area (Å²) in [6.07, 6.45) is 7.29. The van der Waals surface area contributed by atoms with Crippen LogP contribution in [0.1, 0.15) is 13.8 Å². The van der Waals surface area contributed by atoms with Crippen LogP contribution in [0.15, 0.2) is 41.7 Å². The summed E-state index contributed by atoms with van der Waals surface area (Å²) in [4.78, 5) is 4.15. The van der Waals surface area contributed by atoms with Crippen LogP contribution < -0.4 is 5.32 Å². The number of nitrogens with one attached hydrogen (secondary N) is 1. The molecule has 0 aliphatic carbocycles. The van der Waals surface area contributed by atoms with Crippen LogP contribution in [0.2, 0.25) is 0 Å². The normalized spacial score (nSPS) is 13.6. The van der Waals surface area contributed by atoms with Crippen LogP contribution in [0.5, 0.6) is 0 Å². The van der Waals surface area contributed by atoms with E-state index in [9.17, 15) is 0 Å². The highest BCUT2D eigenvalue weighted by Crippen LogP contribution is 1.94. The molecule has 0 atom stereocenters. The fourth-order valence-corrected chi connectivity index (χ4v) is 0.655. The molecule has 0 amide bonds. The van der Waals surface area contributed by atoms with Gasteiger partial charge in [0.1, 0.15) is 0 Å². The van der Waals surface area contributed by atoms with Gasteiger partial charge in [-0.3, -0.25) is 4.99 Å². The fourth-order valence-electron chi connectivity index (χ4n) is 0.655. The summed E-state index contributed by atoms with van der Waals surface area (Å²) in [6.45, 7) is 7.60. The summed E-state index contributed by atoms with van der Waals surface area (Å²) in [7, 11) is 1.84. The van der Waals surface area contributed by atoms with Crippen molar-refractivity contribution in [2.45, 2.75) is 13.8 Å². The van der Waals surface area contributed by atoms with Crippen molar-refractivity contribution in [3.05, 3.63) is 36.7 Å². The van der Waals surface area contributed by atoms with E-state index in [-0.39, 0.29) is 0 Å². The topological polar surface area (TPSA) is 24.4 Å². The Morgan fingerprint density at radius 2 is 2.08 bits per heavy atom. The molecule has 2 nitrogen and oxygen atoms in total. The molecule has 12 heavy (non-hydrogen) atoms. The molecular formula is C10H16N2. The van der Waals surface area contributed by atoms with Crippen molar-refractivity contribution in [1.29, 1.82) is 0 Å². The van der Waals surface area contributed by atoms with Crippen LogP contribution in [0.4, 0.5) is 0 Å². The highest BCUT2D eigenvalue weighted by Gasteiger charge is 1.82. The van der Waals surface area contributed by atoms with E-state index in [0.29, 0.717) is 0 Å². The van der Waals surface area contributed by atoms with Crippen molar-refractivity contribution in [2.24, 2.45) is 4.99 Å². The van der Waals surface area contributed by atoms with E-state index in [2.05, 4.69) is 16.9 Å². The van der Waals surface area contributed by atoms with Gasteiger partial charge in [0.2, 0.25) is 0 Å². The van der Waals surface area contributed by atoms with E-state index in [0.717, 1.165) is 11.3 Å². The van der Waals surface area contributed by atoms with Crippen LogP contribution in [0.3, 0.4) is 0 Å². The Bertz CT molecular complexity index is 222. The maximum absolute atomic E-state index is 4.15. The lowest BCUT2D eigenvalue weighted by molar-refractivity contribution is 1.09. The largest absolute Gasteiger partial charge is 0.393 e. The third-order valence-electron chi connectivity index (χ3n) is 1.28. The van der Waals surface area contributed by atoms with E-state index in [1.165, 1.54) is 0 Å². The molecule has 0 unspecified atom stereocenters. The zero-order valence-electron chi connectivity index (χ0n) is 7.96. The van der Waals surface area contributed by atoms with Gasteiger partial charge in [0, 0.05) is 25.2 Å². The van der Waals surface area contributed by atoms with Crippen molar-refractivity contribution in [2.75, 3.05) is 7.05 Å². The maximum atomic E-state index is 4.15. The van der Waals surface area contributed by atoms with Gasteiger partial charge in [-0.05, 0) is 25.5 Å². The standard InChI is InChI=1S/C10H16N2/c1-5-9(2)8-10(3)12-7-6-11-4/h5-8,11H,1H2,2-4H3/b7-6-,9-8-,12-10+. The van der Waals surface area contributed by atoms with Crippen LogP contribution in [0.25, 0.3) is 0 Å². The number of rotatable bonds is 4. The van der Waals surface area contributed by atoms with Crippen molar-refractivity contribution >= 4 is 5.71 Å². The fraction of sp³-hybridized carbons (Fsp3) is 0.300. The predicted octanol–water partition coefficient (Wildman–Crippen LogP) is 2.27. The summed E-state index contributed by atoms with van der Waals surface area (Å²) >= 11 is 0. The summed E-state index contributed by atoms with van der Waals surface area (Å²) < 4.78 is 0. The van der Waals surface area contributed by atoms with Gasteiger partial charge in [-0.2, -0.15) is 0 Å². The zero-order valence-corrected chi connectivity index (χ0v) is 7.96. The van der Waals surface area contributed by atoms with Gasteiger partial charge in [0.05, 0.1) is 0 Å². The van der Waals surface area contributed by atoms with Crippen LogP contribution in [0, 0.1) is 0 Å². The van der Waals surface area contributed by atoms with Gasteiger partial charge < -0.3 is 5.32 Å². The van der Waals surface area contributed by atoms with Crippen molar-refractivity contribution in [3.8, 4) is 0 Å². The Morgan fingerprint density at radius 1 is 1.42 bits per heavy atom. The lowest BCUT2D eigenvalue weighted by Crippen LogP contribution is -1.91. The van der Waals surface area contributed by atoms with Crippen molar-refractivity contribution in [1.82, 2.24) is 5.32 Å². The molecule has 0 saturated heterocycles. The molecule has 0 rings (SSSR count). The van der Waals surface area contributed by atoms with E-state index in [1.54, 1.807) is 18.5 Å². The monoisotopic (exact) mass is 164 g/mol. The molecular weight excluding hydrogens is 148 g/mol. The van der Waals surface area contributed by atoms with E-state index < -0.39 is 0 Å². The maximum Gasteiger partial charge on any atom is 0.0427 e. The molecule has 0 aromatic heterocycles. The second-order valence-corrected chi connectivity index (χ2v) is 2.47. The molecule has 0 bridgehead atoms. The summed E-state index contributed by atoms with van der Waals surface area (Å²) in [5.74, 6) is 0. The SMILES string of the molecule is C=C\C(C)=C/C(C)=N/C=C\NC. The first-order valence-electron chi connectivity index (χ1n) is 3.88. The first-order chi connectivity index (χ1) is 5.70. The minimum atomic E-state index is 0.971. The minimum Gasteiger partial charge on any atom is -0.393 e. The quantitative estimate of drug-likeness (QED) is 0.500. The second-order valence-electron chi connectivity index (χ2n) is 2.47. The van der Waals surface area contributed by atoms with Gasteiger partial charge in [-0.25, -0.2) is 0 Å². The molecule has 0 heterocycles. The lowest BCUT2D eigenvalue weighted by atomic mass is 10.2. The van der Waals surface area contributed by atoms with Crippen molar-refractivity contribution in [3.63, 3.8) is 0 Å². The average Bonchev–Trinajstić information content (AvgIpc) is 2.05. The molecule has 0 spiro atoms. The Labute approximate surface area is 74.4 Å². The van der Waals surface area contributed by atoms with E-state index >= 15 is 0 Å². The van der Waals surface area contributed by atoms with Crippen LogP contribution in [-0.4, -0.2) is 12.8 Å². The minimum absolute atomic E-state index is 0.971. The average molecular weight is 164 g/mol. The molecule has 0 aliphatic rings. The number of hydrogen-bond donors (Lipinski definition) is 1. The molecule has 0 aromatic rings. The van der Waals surface area contributed by atoms with Gasteiger partial charge >= 0.3 is 0 Å². The molecule has 1 N–H and O–H groups in total. The molecule has 0 fully saturated rings. The highest BCUT2D eigenvalue weighted by atomic mass is 14.8. The van der Waals surface area contributed by atoms with E-state index in [1.807, 2.05) is 27.0 Å². The first kappa shape index (κ1) is 10.7. The Hall–Kier alpha value is -1.31. The predicted molar refractivity (Wildman–Crippen MR) is 55.3 cm³/mol. The van der Waals surface area contributed by atoms with Crippen LogP contribution >= 0.6 is 0 Å². The molecule has 0 saturated carbocycles. The summed E-state index contributed by atoms with van der Waals surface area (Å²) in [5.41, 5.74) is 2.09. The lowest BCUT2D eigenvalue weighted by Gasteiger charge is -1.91. The molecule has 0 aliphatic heterocycles. The number of hydrogen-bond acceptors (Lipinski definition) is 2. The van der Waals surface area contributed by atoms with Crippen LogP contribution in [-0.2, 0) is 0 Å². The van der Waals surface area contributed by atoms with Gasteiger partial charge in [-0.15, -0.1) is 0 Å². The Morgan fingerprint density at radius 3 is 2.58 bits per heavy atom. The molecule has 0 radical (unpaired) electrons. The summed E-state index contributed by atoms with van der Waals surface area (Å²) in [6, 6.07) is 0. The number of allylic oxidation sites excluding steroid dienone is 3. The summed E-state index contributed by atoms with van der Waals surface area (Å²) in [5, 5.41) is 2.86. The first-order valence-corrected chi connectivity index (χ1v) is 3.88. The molecule has 0 aromatic carbocycles. The molecule has 66 valence electrons. The Kier molecular flexibility index (Phi) is 5.70. The number of aliphatic imine (C=N–C) groups is 1.